The molecule has 0 aliphatic rings. The summed E-state index contributed by atoms with van der Waals surface area (Å²) in [5, 5.41) is 5.37. The van der Waals surface area contributed by atoms with E-state index in [0.717, 1.165) is 22.2 Å². The third kappa shape index (κ3) is 3.09. The number of esters is 1. The van der Waals surface area contributed by atoms with Gasteiger partial charge in [0, 0.05) is 36.1 Å². The Hall–Kier alpha value is -2.67. The highest BCUT2D eigenvalue weighted by atomic mass is 16.5. The molecule has 0 saturated carbocycles. The first-order chi connectivity index (χ1) is 11.2. The second-order valence-electron chi connectivity index (χ2n) is 5.23. The normalized spacial score (nSPS) is 12.4. The SMILES string of the molecule is CCOC(=O)C(CN)Cn1cc(-c2ccnc3[nH]ccc23)cn1. The van der Waals surface area contributed by atoms with Crippen molar-refractivity contribution in [3.63, 3.8) is 0 Å². The van der Waals surface area contributed by atoms with Crippen molar-refractivity contribution in [2.24, 2.45) is 11.7 Å². The Morgan fingerprint density at radius 2 is 2.35 bits per heavy atom. The zero-order valence-electron chi connectivity index (χ0n) is 12.9. The fraction of sp³-hybridized carbons (Fsp3) is 0.312. The van der Waals surface area contributed by atoms with Crippen molar-refractivity contribution in [3.05, 3.63) is 36.9 Å². The molecule has 0 aromatic carbocycles. The molecule has 0 aliphatic carbocycles. The number of nitrogens with two attached hydrogens (primary N) is 1. The summed E-state index contributed by atoms with van der Waals surface area (Å²) in [6.07, 6.45) is 7.30. The van der Waals surface area contributed by atoms with Gasteiger partial charge in [-0.2, -0.15) is 5.10 Å². The van der Waals surface area contributed by atoms with Crippen molar-refractivity contribution in [1.82, 2.24) is 19.7 Å². The summed E-state index contributed by atoms with van der Waals surface area (Å²) in [6, 6.07) is 3.93. The van der Waals surface area contributed by atoms with E-state index in [0.29, 0.717) is 13.2 Å². The number of pyridine rings is 1. The standard InChI is InChI=1S/C16H19N5O2/c1-2-23-16(22)11(7-17)9-21-10-12(8-20-21)13-3-5-18-15-14(13)4-6-19-15/h3-6,8,10-11H,2,7,9,17H2,1H3,(H,18,19). The number of carbonyl (C=O) groups is 1. The average molecular weight is 313 g/mol. The zero-order valence-corrected chi connectivity index (χ0v) is 12.9. The van der Waals surface area contributed by atoms with Gasteiger partial charge in [0.05, 0.1) is 25.3 Å². The maximum absolute atomic E-state index is 11.8. The highest BCUT2D eigenvalue weighted by Crippen LogP contribution is 2.26. The largest absolute Gasteiger partial charge is 0.466 e. The van der Waals surface area contributed by atoms with Crippen LogP contribution in [-0.2, 0) is 16.1 Å². The van der Waals surface area contributed by atoms with E-state index in [4.69, 9.17) is 10.5 Å². The van der Waals surface area contributed by atoms with Gasteiger partial charge in [0.15, 0.2) is 0 Å². The molecule has 1 unspecified atom stereocenters. The third-order valence-corrected chi connectivity index (χ3v) is 3.72. The molecular weight excluding hydrogens is 294 g/mol. The highest BCUT2D eigenvalue weighted by molar-refractivity contribution is 5.92. The summed E-state index contributed by atoms with van der Waals surface area (Å²) >= 11 is 0. The maximum atomic E-state index is 11.8. The predicted octanol–water partition coefficient (Wildman–Crippen LogP) is 1.56. The lowest BCUT2D eigenvalue weighted by Crippen LogP contribution is -2.29. The quantitative estimate of drug-likeness (QED) is 0.673. The lowest BCUT2D eigenvalue weighted by atomic mass is 10.1. The number of nitrogens with zero attached hydrogens (tertiary/aromatic N) is 3. The van der Waals surface area contributed by atoms with E-state index in [1.165, 1.54) is 0 Å². The topological polar surface area (TPSA) is 98.8 Å². The molecule has 0 aliphatic heterocycles. The molecule has 7 heteroatoms. The number of aromatic nitrogens is 4. The van der Waals surface area contributed by atoms with Crippen LogP contribution >= 0.6 is 0 Å². The molecule has 7 nitrogen and oxygen atoms in total. The molecule has 1 atom stereocenters. The molecule has 3 N–H and O–H groups in total. The monoisotopic (exact) mass is 313 g/mol. The van der Waals surface area contributed by atoms with Crippen LogP contribution in [0.2, 0.25) is 0 Å². The average Bonchev–Trinajstić information content (AvgIpc) is 3.21. The number of fused-ring (bicyclic) bond motifs is 1. The minimum Gasteiger partial charge on any atom is -0.466 e. The molecule has 0 fully saturated rings. The molecule has 0 spiro atoms. The molecule has 23 heavy (non-hydrogen) atoms. The van der Waals surface area contributed by atoms with E-state index in [9.17, 15) is 4.79 Å². The number of hydrogen-bond acceptors (Lipinski definition) is 5. The van der Waals surface area contributed by atoms with Gasteiger partial charge in [0.1, 0.15) is 5.65 Å². The Labute approximate surface area is 133 Å². The Morgan fingerprint density at radius 1 is 1.48 bits per heavy atom. The van der Waals surface area contributed by atoms with Crippen LogP contribution in [0.5, 0.6) is 0 Å². The van der Waals surface area contributed by atoms with Crippen LogP contribution in [0.3, 0.4) is 0 Å². The summed E-state index contributed by atoms with van der Waals surface area (Å²) in [4.78, 5) is 19.2. The summed E-state index contributed by atoms with van der Waals surface area (Å²) in [5.41, 5.74) is 8.52. The van der Waals surface area contributed by atoms with Crippen molar-refractivity contribution < 1.29 is 9.53 Å². The van der Waals surface area contributed by atoms with Gasteiger partial charge in [0.2, 0.25) is 0 Å². The van der Waals surface area contributed by atoms with Crippen LogP contribution in [0.1, 0.15) is 6.92 Å². The van der Waals surface area contributed by atoms with Crippen LogP contribution in [-0.4, -0.2) is 38.9 Å². The summed E-state index contributed by atoms with van der Waals surface area (Å²) in [6.45, 7) is 2.76. The number of carbonyl (C=O) groups excluding carboxylic acids is 1. The Bertz CT molecular complexity index is 808. The van der Waals surface area contributed by atoms with Crippen molar-refractivity contribution in [1.29, 1.82) is 0 Å². The maximum Gasteiger partial charge on any atom is 0.312 e. The summed E-state index contributed by atoms with van der Waals surface area (Å²) < 4.78 is 6.76. The fourth-order valence-electron chi connectivity index (χ4n) is 2.55. The van der Waals surface area contributed by atoms with Crippen molar-refractivity contribution in [2.45, 2.75) is 13.5 Å². The second-order valence-corrected chi connectivity index (χ2v) is 5.23. The van der Waals surface area contributed by atoms with Gasteiger partial charge in [-0.1, -0.05) is 0 Å². The fourth-order valence-corrected chi connectivity index (χ4v) is 2.55. The van der Waals surface area contributed by atoms with Gasteiger partial charge in [-0.15, -0.1) is 0 Å². The summed E-state index contributed by atoms with van der Waals surface area (Å²) in [7, 11) is 0. The van der Waals surface area contributed by atoms with Crippen molar-refractivity contribution in [2.75, 3.05) is 13.2 Å². The first-order valence-corrected chi connectivity index (χ1v) is 7.54. The Morgan fingerprint density at radius 3 is 3.13 bits per heavy atom. The smallest absolute Gasteiger partial charge is 0.312 e. The van der Waals surface area contributed by atoms with Crippen LogP contribution in [0, 0.1) is 5.92 Å². The molecular formula is C16H19N5O2. The molecule has 3 aromatic heterocycles. The number of aromatic amines is 1. The molecule has 0 saturated heterocycles. The van der Waals surface area contributed by atoms with E-state index < -0.39 is 5.92 Å². The minimum absolute atomic E-state index is 0.228. The van der Waals surface area contributed by atoms with Gasteiger partial charge in [-0.25, -0.2) is 4.98 Å². The number of nitrogens with one attached hydrogen (secondary N) is 1. The highest BCUT2D eigenvalue weighted by Gasteiger charge is 2.19. The van der Waals surface area contributed by atoms with Crippen molar-refractivity contribution in [3.8, 4) is 11.1 Å². The zero-order chi connectivity index (χ0) is 16.2. The molecule has 0 radical (unpaired) electrons. The molecule has 0 bridgehead atoms. The van der Waals surface area contributed by atoms with Gasteiger partial charge in [-0.05, 0) is 24.6 Å². The van der Waals surface area contributed by atoms with Gasteiger partial charge in [0.25, 0.3) is 0 Å². The molecule has 0 amide bonds. The second kappa shape index (κ2) is 6.62. The van der Waals surface area contributed by atoms with E-state index in [1.54, 1.807) is 24.0 Å². The molecule has 120 valence electrons. The minimum atomic E-state index is -0.396. The van der Waals surface area contributed by atoms with Crippen LogP contribution in [0.15, 0.2) is 36.9 Å². The lowest BCUT2D eigenvalue weighted by Gasteiger charge is -2.13. The third-order valence-electron chi connectivity index (χ3n) is 3.72. The van der Waals surface area contributed by atoms with E-state index in [2.05, 4.69) is 15.1 Å². The number of ether oxygens (including phenoxy) is 1. The Balaban J connectivity index is 1.83. The summed E-state index contributed by atoms with van der Waals surface area (Å²) in [5.74, 6) is -0.684. The van der Waals surface area contributed by atoms with Gasteiger partial charge < -0.3 is 15.5 Å². The Kier molecular flexibility index (Phi) is 4.38. The van der Waals surface area contributed by atoms with E-state index >= 15 is 0 Å². The number of H-pyrrole nitrogens is 1. The van der Waals surface area contributed by atoms with Crippen LogP contribution in [0.4, 0.5) is 0 Å². The predicted molar refractivity (Wildman–Crippen MR) is 86.5 cm³/mol. The van der Waals surface area contributed by atoms with E-state index in [-0.39, 0.29) is 12.5 Å². The molecule has 3 heterocycles. The van der Waals surface area contributed by atoms with Gasteiger partial charge in [-0.3, -0.25) is 9.48 Å². The number of hydrogen-bond donors (Lipinski definition) is 2. The van der Waals surface area contributed by atoms with E-state index in [1.807, 2.05) is 24.5 Å². The first-order valence-electron chi connectivity index (χ1n) is 7.54. The number of rotatable bonds is 6. The lowest BCUT2D eigenvalue weighted by molar-refractivity contribution is -0.148. The van der Waals surface area contributed by atoms with Crippen molar-refractivity contribution >= 4 is 17.0 Å². The van der Waals surface area contributed by atoms with Gasteiger partial charge >= 0.3 is 5.97 Å². The molecule has 3 rings (SSSR count). The van der Waals surface area contributed by atoms with Crippen LogP contribution in [0.25, 0.3) is 22.2 Å². The van der Waals surface area contributed by atoms with Crippen LogP contribution < -0.4 is 5.73 Å². The molecule has 3 aromatic rings. The first kappa shape index (κ1) is 15.2.